The van der Waals surface area contributed by atoms with Crippen LogP contribution in [0.25, 0.3) is 4.96 Å². The Bertz CT molecular complexity index is 694. The Morgan fingerprint density at radius 1 is 1.33 bits per heavy atom. The normalized spacial score (nSPS) is 10.9. The number of para-hydroxylation sites is 1. The number of aromatic nitrogens is 4. The van der Waals surface area contributed by atoms with E-state index in [1.54, 1.807) is 18.2 Å². The summed E-state index contributed by atoms with van der Waals surface area (Å²) >= 11 is 1.22. The molecule has 0 saturated carbocycles. The van der Waals surface area contributed by atoms with E-state index in [9.17, 15) is 4.39 Å². The Morgan fingerprint density at radius 2 is 2.17 bits per heavy atom. The number of hydrogen-bond acceptors (Lipinski definition) is 6. The van der Waals surface area contributed by atoms with Crippen LogP contribution in [0.1, 0.15) is 5.82 Å². The van der Waals surface area contributed by atoms with E-state index in [4.69, 9.17) is 10.5 Å². The van der Waals surface area contributed by atoms with Crippen molar-refractivity contribution in [2.75, 3.05) is 5.73 Å². The highest BCUT2D eigenvalue weighted by atomic mass is 32.1. The molecule has 0 bridgehead atoms. The molecule has 2 heterocycles. The van der Waals surface area contributed by atoms with Crippen LogP contribution < -0.4 is 10.5 Å². The van der Waals surface area contributed by atoms with Gasteiger partial charge in [-0.25, -0.2) is 4.39 Å². The van der Waals surface area contributed by atoms with Crippen LogP contribution in [0.2, 0.25) is 0 Å². The van der Waals surface area contributed by atoms with Gasteiger partial charge < -0.3 is 10.5 Å². The van der Waals surface area contributed by atoms with E-state index in [0.717, 1.165) is 0 Å². The van der Waals surface area contributed by atoms with E-state index in [-0.39, 0.29) is 12.4 Å². The number of fused-ring (bicyclic) bond motifs is 1. The fraction of sp³-hybridized carbons (Fsp3) is 0.100. The Morgan fingerprint density at radius 3 is 3.00 bits per heavy atom. The first-order valence-corrected chi connectivity index (χ1v) is 5.89. The summed E-state index contributed by atoms with van der Waals surface area (Å²) in [4.78, 5) is 0.583. The summed E-state index contributed by atoms with van der Waals surface area (Å²) in [6.45, 7) is 0.0747. The summed E-state index contributed by atoms with van der Waals surface area (Å²) < 4.78 is 20.1. The molecule has 3 rings (SSSR count). The van der Waals surface area contributed by atoms with E-state index >= 15 is 0 Å². The van der Waals surface area contributed by atoms with Gasteiger partial charge in [0.05, 0.1) is 0 Å². The molecule has 92 valence electrons. The number of nitrogens with zero attached hydrogens (tertiary/aromatic N) is 4. The molecule has 0 radical (unpaired) electrons. The third-order valence-corrected chi connectivity index (χ3v) is 2.99. The Labute approximate surface area is 105 Å². The highest BCUT2D eigenvalue weighted by Gasteiger charge is 2.11. The molecule has 0 aliphatic heterocycles. The zero-order valence-electron chi connectivity index (χ0n) is 9.08. The van der Waals surface area contributed by atoms with Gasteiger partial charge in [0.2, 0.25) is 10.1 Å². The minimum absolute atomic E-state index is 0.0747. The maximum absolute atomic E-state index is 13.3. The second kappa shape index (κ2) is 4.22. The minimum Gasteiger partial charge on any atom is -0.482 e. The molecule has 0 saturated heterocycles. The monoisotopic (exact) mass is 265 g/mol. The van der Waals surface area contributed by atoms with Crippen LogP contribution in [0.15, 0.2) is 24.3 Å². The number of ether oxygens (including phenoxy) is 1. The van der Waals surface area contributed by atoms with Gasteiger partial charge in [-0.15, -0.1) is 15.3 Å². The van der Waals surface area contributed by atoms with Crippen molar-refractivity contribution in [3.8, 4) is 5.75 Å². The van der Waals surface area contributed by atoms with Crippen molar-refractivity contribution in [2.24, 2.45) is 0 Å². The first-order chi connectivity index (χ1) is 8.74. The molecule has 0 atom stereocenters. The van der Waals surface area contributed by atoms with Crippen LogP contribution in [0.5, 0.6) is 5.75 Å². The quantitative estimate of drug-likeness (QED) is 0.776. The molecule has 18 heavy (non-hydrogen) atoms. The zero-order valence-corrected chi connectivity index (χ0v) is 9.89. The van der Waals surface area contributed by atoms with Crippen LogP contribution in [0, 0.1) is 5.82 Å². The first kappa shape index (κ1) is 10.9. The molecule has 0 spiro atoms. The summed E-state index contributed by atoms with van der Waals surface area (Å²) in [6.07, 6.45) is 0. The number of halogens is 1. The van der Waals surface area contributed by atoms with E-state index < -0.39 is 5.82 Å². The van der Waals surface area contributed by atoms with Crippen LogP contribution in [-0.2, 0) is 6.61 Å². The van der Waals surface area contributed by atoms with E-state index in [1.165, 1.54) is 21.9 Å². The molecule has 0 aliphatic rings. The van der Waals surface area contributed by atoms with Crippen LogP contribution in [0.4, 0.5) is 9.52 Å². The predicted octanol–water partition coefficient (Wildman–Crippen LogP) is 1.49. The molecular formula is C10H8FN5OS. The van der Waals surface area contributed by atoms with Crippen molar-refractivity contribution in [3.63, 3.8) is 0 Å². The zero-order chi connectivity index (χ0) is 12.5. The smallest absolute Gasteiger partial charge is 0.236 e. The summed E-state index contributed by atoms with van der Waals surface area (Å²) in [6, 6.07) is 6.16. The fourth-order valence-corrected chi connectivity index (χ4v) is 2.09. The predicted molar refractivity (Wildman–Crippen MR) is 63.8 cm³/mol. The molecule has 2 aromatic heterocycles. The average molecular weight is 265 g/mol. The number of nitrogens with two attached hydrogens (primary N) is 1. The summed E-state index contributed by atoms with van der Waals surface area (Å²) in [5.74, 6) is 0.217. The summed E-state index contributed by atoms with van der Waals surface area (Å²) in [5, 5.41) is 12.2. The lowest BCUT2D eigenvalue weighted by Gasteiger charge is -2.04. The third kappa shape index (κ3) is 1.86. The molecule has 0 aliphatic carbocycles. The molecule has 3 aromatic rings. The van der Waals surface area contributed by atoms with Crippen molar-refractivity contribution >= 4 is 21.4 Å². The maximum atomic E-state index is 13.3. The SMILES string of the molecule is Nc1nn2c(COc3ccccc3F)nnc2s1. The second-order valence-electron chi connectivity index (χ2n) is 3.47. The van der Waals surface area contributed by atoms with E-state index in [1.807, 2.05) is 0 Å². The topological polar surface area (TPSA) is 78.3 Å². The standard InChI is InChI=1S/C10H8FN5OS/c11-6-3-1-2-4-7(6)17-5-8-13-14-10-16(8)15-9(12)18-10/h1-4H,5H2,(H2,12,15). The van der Waals surface area contributed by atoms with Gasteiger partial charge in [0.25, 0.3) is 0 Å². The van der Waals surface area contributed by atoms with Crippen molar-refractivity contribution in [1.82, 2.24) is 19.8 Å². The lowest BCUT2D eigenvalue weighted by molar-refractivity contribution is 0.278. The molecule has 2 N–H and O–H groups in total. The van der Waals surface area contributed by atoms with Crippen molar-refractivity contribution in [2.45, 2.75) is 6.61 Å². The van der Waals surface area contributed by atoms with Crippen LogP contribution in [-0.4, -0.2) is 19.8 Å². The summed E-state index contributed by atoms with van der Waals surface area (Å²) in [7, 11) is 0. The number of hydrogen-bond donors (Lipinski definition) is 1. The van der Waals surface area contributed by atoms with Crippen molar-refractivity contribution in [3.05, 3.63) is 35.9 Å². The van der Waals surface area contributed by atoms with Gasteiger partial charge in [-0.1, -0.05) is 23.5 Å². The van der Waals surface area contributed by atoms with Crippen molar-refractivity contribution < 1.29 is 9.13 Å². The number of nitrogen functional groups attached to an aromatic ring is 1. The highest BCUT2D eigenvalue weighted by molar-refractivity contribution is 7.20. The number of benzene rings is 1. The van der Waals surface area contributed by atoms with Gasteiger partial charge >= 0.3 is 0 Å². The average Bonchev–Trinajstić information content (AvgIpc) is 2.88. The largest absolute Gasteiger partial charge is 0.482 e. The van der Waals surface area contributed by atoms with Crippen molar-refractivity contribution in [1.29, 1.82) is 0 Å². The molecular weight excluding hydrogens is 257 g/mol. The summed E-state index contributed by atoms with van der Waals surface area (Å²) in [5.41, 5.74) is 5.55. The highest BCUT2D eigenvalue weighted by Crippen LogP contribution is 2.18. The minimum atomic E-state index is -0.420. The Kier molecular flexibility index (Phi) is 2.56. The van der Waals surface area contributed by atoms with Gasteiger partial charge in [-0.05, 0) is 12.1 Å². The maximum Gasteiger partial charge on any atom is 0.236 e. The molecule has 0 fully saturated rings. The van der Waals surface area contributed by atoms with Gasteiger partial charge in [0.15, 0.2) is 17.4 Å². The number of rotatable bonds is 3. The van der Waals surface area contributed by atoms with E-state index in [0.29, 0.717) is 15.9 Å². The fourth-order valence-electron chi connectivity index (χ4n) is 1.47. The molecule has 8 heteroatoms. The molecule has 1 aromatic carbocycles. The number of anilines is 1. The Balaban J connectivity index is 1.83. The second-order valence-corrected chi connectivity index (χ2v) is 4.46. The van der Waals surface area contributed by atoms with Gasteiger partial charge in [0.1, 0.15) is 6.61 Å². The lowest BCUT2D eigenvalue weighted by Crippen LogP contribution is -2.03. The van der Waals surface area contributed by atoms with Crippen LogP contribution in [0.3, 0.4) is 0 Å². The van der Waals surface area contributed by atoms with Gasteiger partial charge in [-0.3, -0.25) is 0 Å². The molecule has 0 unspecified atom stereocenters. The first-order valence-electron chi connectivity index (χ1n) is 5.08. The van der Waals surface area contributed by atoms with Gasteiger partial charge in [-0.2, -0.15) is 4.52 Å². The van der Waals surface area contributed by atoms with Gasteiger partial charge in [0, 0.05) is 0 Å². The molecule has 6 nitrogen and oxygen atoms in total. The van der Waals surface area contributed by atoms with Crippen LogP contribution >= 0.6 is 11.3 Å². The Hall–Kier alpha value is -2.22. The lowest BCUT2D eigenvalue weighted by atomic mass is 10.3. The third-order valence-electron chi connectivity index (χ3n) is 2.26. The van der Waals surface area contributed by atoms with E-state index in [2.05, 4.69) is 15.3 Å². The molecule has 0 amide bonds.